The second-order valence-electron chi connectivity index (χ2n) is 15.0. The number of pyridine rings is 1. The minimum Gasteiger partial charge on any atom is -0.455 e. The normalized spacial score (nSPS) is 15.6. The van der Waals surface area contributed by atoms with Gasteiger partial charge in [-0.1, -0.05) is 112 Å². The average molecular weight is 663 g/mol. The van der Waals surface area contributed by atoms with Gasteiger partial charge in [-0.3, -0.25) is 4.90 Å². The average Bonchev–Trinajstić information content (AvgIpc) is 3.76. The summed E-state index contributed by atoms with van der Waals surface area (Å²) in [6.07, 6.45) is 1.92. The first-order valence-corrected chi connectivity index (χ1v) is 17.6. The summed E-state index contributed by atoms with van der Waals surface area (Å²) in [5.41, 5.74) is 13.8. The topological polar surface area (TPSA) is 29.3 Å². The van der Waals surface area contributed by atoms with Gasteiger partial charge < -0.3 is 4.42 Å². The Kier molecular flexibility index (Phi) is 6.15. The number of para-hydroxylation sites is 1. The molecule has 6 aromatic carbocycles. The first kappa shape index (κ1) is 29.9. The molecule has 0 fully saturated rings. The molecule has 0 saturated carbocycles. The molecule has 0 saturated heterocycles. The van der Waals surface area contributed by atoms with Crippen molar-refractivity contribution in [2.24, 2.45) is 0 Å². The van der Waals surface area contributed by atoms with E-state index in [0.717, 1.165) is 89.2 Å². The maximum Gasteiger partial charge on any atom is 0.145 e. The summed E-state index contributed by atoms with van der Waals surface area (Å²) in [5, 5.41) is 2.05. The third-order valence-corrected chi connectivity index (χ3v) is 11.0. The van der Waals surface area contributed by atoms with Gasteiger partial charge in [0, 0.05) is 22.8 Å². The molecule has 2 aliphatic carbocycles. The summed E-state index contributed by atoms with van der Waals surface area (Å²) in [6.45, 7) is 8.77. The van der Waals surface area contributed by atoms with Gasteiger partial charge in [0.15, 0.2) is 0 Å². The lowest BCUT2D eigenvalue weighted by Gasteiger charge is -2.32. The number of aryl methyl sites for hydroxylation is 1. The van der Waals surface area contributed by atoms with Crippen LogP contribution in [0.15, 0.2) is 144 Å². The van der Waals surface area contributed by atoms with Crippen molar-refractivity contribution in [2.75, 3.05) is 4.90 Å². The van der Waals surface area contributed by atoms with Gasteiger partial charge in [-0.05, 0) is 105 Å². The number of halogens is 1. The van der Waals surface area contributed by atoms with Gasteiger partial charge in [0.25, 0.3) is 0 Å². The Balaban J connectivity index is 1.38. The lowest BCUT2D eigenvalue weighted by molar-refractivity contribution is 0.590. The highest BCUT2D eigenvalue weighted by Crippen LogP contribution is 2.65. The monoisotopic (exact) mass is 662 g/mol. The molecule has 8 aromatic rings. The molecule has 2 aromatic heterocycles. The Hall–Kier alpha value is -6.00. The van der Waals surface area contributed by atoms with Gasteiger partial charge in [-0.25, -0.2) is 9.37 Å². The minimum atomic E-state index is -0.760. The minimum absolute atomic E-state index is 0.00372. The fourth-order valence-electron chi connectivity index (χ4n) is 8.72. The molecule has 0 aliphatic heterocycles. The number of nitrogens with zero attached hydrogens (tertiary/aromatic N) is 2. The molecule has 2 heterocycles. The fourth-order valence-corrected chi connectivity index (χ4v) is 8.72. The van der Waals surface area contributed by atoms with Crippen LogP contribution >= 0.6 is 0 Å². The van der Waals surface area contributed by atoms with Crippen LogP contribution in [0.5, 0.6) is 0 Å². The van der Waals surface area contributed by atoms with Crippen LogP contribution in [0.4, 0.5) is 21.6 Å². The maximum absolute atomic E-state index is 15.5. The first-order chi connectivity index (χ1) is 24.7. The van der Waals surface area contributed by atoms with E-state index in [1.807, 2.05) is 24.4 Å². The number of aromatic nitrogens is 1. The van der Waals surface area contributed by atoms with Crippen molar-refractivity contribution in [3.63, 3.8) is 0 Å². The fraction of sp³-hybridized carbons (Fsp3) is 0.128. The zero-order valence-corrected chi connectivity index (χ0v) is 29.0. The maximum atomic E-state index is 15.5. The zero-order chi connectivity index (χ0) is 34.6. The summed E-state index contributed by atoms with van der Waals surface area (Å²) >= 11 is 0. The zero-order valence-electron chi connectivity index (χ0n) is 29.0. The van der Waals surface area contributed by atoms with Crippen LogP contribution in [0.3, 0.4) is 0 Å². The molecule has 2 aliphatic rings. The third kappa shape index (κ3) is 4.08. The molecule has 1 spiro atoms. The van der Waals surface area contributed by atoms with E-state index in [0.29, 0.717) is 0 Å². The van der Waals surface area contributed by atoms with Crippen LogP contribution in [-0.4, -0.2) is 4.98 Å². The number of furan rings is 1. The van der Waals surface area contributed by atoms with E-state index < -0.39 is 5.41 Å². The number of fused-ring (bicyclic) bond motifs is 14. The Morgan fingerprint density at radius 2 is 1.35 bits per heavy atom. The van der Waals surface area contributed by atoms with Crippen LogP contribution in [-0.2, 0) is 10.8 Å². The van der Waals surface area contributed by atoms with E-state index in [1.165, 1.54) is 5.56 Å². The van der Waals surface area contributed by atoms with Crippen molar-refractivity contribution in [3.8, 4) is 22.3 Å². The summed E-state index contributed by atoms with van der Waals surface area (Å²) in [4.78, 5) is 7.29. The molecule has 0 N–H and O–H groups in total. The number of hydrogen-bond acceptors (Lipinski definition) is 3. The van der Waals surface area contributed by atoms with E-state index in [2.05, 4.69) is 136 Å². The molecule has 3 nitrogen and oxygen atoms in total. The first-order valence-electron chi connectivity index (χ1n) is 17.6. The van der Waals surface area contributed by atoms with Crippen LogP contribution < -0.4 is 4.90 Å². The smallest absolute Gasteiger partial charge is 0.145 e. The highest BCUT2D eigenvalue weighted by molar-refractivity contribution is 6.19. The van der Waals surface area contributed by atoms with Crippen molar-refractivity contribution >= 4 is 39.1 Å². The van der Waals surface area contributed by atoms with E-state index in [4.69, 9.17) is 9.40 Å². The van der Waals surface area contributed by atoms with Crippen molar-refractivity contribution in [2.45, 2.75) is 38.5 Å². The molecule has 246 valence electrons. The van der Waals surface area contributed by atoms with Gasteiger partial charge in [-0.15, -0.1) is 0 Å². The molecule has 0 radical (unpaired) electrons. The van der Waals surface area contributed by atoms with E-state index in [1.54, 1.807) is 12.1 Å². The van der Waals surface area contributed by atoms with E-state index >= 15 is 4.39 Å². The summed E-state index contributed by atoms with van der Waals surface area (Å²) < 4.78 is 22.5. The van der Waals surface area contributed by atoms with Crippen LogP contribution in [0.2, 0.25) is 0 Å². The highest BCUT2D eigenvalue weighted by Gasteiger charge is 2.53. The molecule has 0 bridgehead atoms. The Labute approximate surface area is 296 Å². The lowest BCUT2D eigenvalue weighted by Crippen LogP contribution is -2.26. The predicted octanol–water partition coefficient (Wildman–Crippen LogP) is 12.5. The van der Waals surface area contributed by atoms with Crippen molar-refractivity contribution < 1.29 is 8.81 Å². The van der Waals surface area contributed by atoms with E-state index in [9.17, 15) is 0 Å². The summed E-state index contributed by atoms with van der Waals surface area (Å²) in [7, 11) is 0. The van der Waals surface area contributed by atoms with Crippen molar-refractivity contribution in [1.29, 1.82) is 0 Å². The lowest BCUT2D eigenvalue weighted by atomic mass is 9.70. The SMILES string of the molecule is Cc1ccc(N(c2ccc(C(C)(C)C)cc2)c2cc3c(c4oc5ccccc5c24)-c2ccccc2C32c3ccccc3-c3ccc(F)cc32)nc1. The molecule has 51 heavy (non-hydrogen) atoms. The summed E-state index contributed by atoms with van der Waals surface area (Å²) in [6, 6.07) is 46.1. The van der Waals surface area contributed by atoms with Gasteiger partial charge in [0.2, 0.25) is 0 Å². The number of benzene rings is 6. The van der Waals surface area contributed by atoms with Gasteiger partial charge in [0.1, 0.15) is 22.8 Å². The highest BCUT2D eigenvalue weighted by atomic mass is 19.1. The quantitative estimate of drug-likeness (QED) is 0.189. The number of anilines is 3. The number of hydrogen-bond donors (Lipinski definition) is 0. The Morgan fingerprint density at radius 1 is 0.667 bits per heavy atom. The van der Waals surface area contributed by atoms with Crippen LogP contribution in [0.1, 0.15) is 54.2 Å². The predicted molar refractivity (Wildman–Crippen MR) is 206 cm³/mol. The second kappa shape index (κ2) is 10.5. The van der Waals surface area contributed by atoms with E-state index in [-0.39, 0.29) is 11.2 Å². The Morgan fingerprint density at radius 3 is 2.10 bits per heavy atom. The molecular formula is C47H35FN2O. The van der Waals surface area contributed by atoms with Crippen LogP contribution in [0, 0.1) is 12.7 Å². The Bertz CT molecular complexity index is 2700. The van der Waals surface area contributed by atoms with Crippen molar-refractivity contribution in [3.05, 3.63) is 179 Å². The van der Waals surface area contributed by atoms with Gasteiger partial charge >= 0.3 is 0 Å². The summed E-state index contributed by atoms with van der Waals surface area (Å²) in [5.74, 6) is 0.555. The molecule has 10 rings (SSSR count). The number of rotatable bonds is 3. The van der Waals surface area contributed by atoms with Gasteiger partial charge in [0.05, 0.1) is 16.5 Å². The molecule has 0 amide bonds. The van der Waals surface area contributed by atoms with Gasteiger partial charge in [-0.2, -0.15) is 0 Å². The standard InChI is InChI=1S/C47H35FN2O/c1-28-17-24-42(49-27-28)50(31-21-18-29(19-22-31)46(2,3)4)40-26-39-43(45-44(40)35-13-7-10-16-41(35)51-45)34-12-6-9-15-37(34)47(39)36-14-8-5-11-32(36)33-23-20-30(48)25-38(33)47/h5-27H,1-4H3. The largest absolute Gasteiger partial charge is 0.455 e. The molecular weight excluding hydrogens is 628 g/mol. The molecule has 4 heteroatoms. The third-order valence-electron chi connectivity index (χ3n) is 11.0. The van der Waals surface area contributed by atoms with Crippen LogP contribution in [0.25, 0.3) is 44.2 Å². The second-order valence-corrected chi connectivity index (χ2v) is 15.0. The van der Waals surface area contributed by atoms with Crippen molar-refractivity contribution in [1.82, 2.24) is 4.98 Å². The molecule has 1 atom stereocenters. The molecule has 1 unspecified atom stereocenters.